The molecular weight excluding hydrogens is 220 g/mol. The minimum Gasteiger partial charge on any atom is -0.379 e. The Balaban J connectivity index is 1.95. The van der Waals surface area contributed by atoms with E-state index in [1.165, 1.54) is 0 Å². The maximum Gasteiger partial charge on any atom is 0.237 e. The summed E-state index contributed by atoms with van der Waals surface area (Å²) in [5.41, 5.74) is 10.0. The van der Waals surface area contributed by atoms with Gasteiger partial charge in [0.2, 0.25) is 5.91 Å². The Morgan fingerprint density at radius 1 is 1.53 bits per heavy atom. The second kappa shape index (κ2) is 6.93. The standard InChI is InChI=1S/C12H24N2O3/c1-12(14,11(13)15)6-2-3-7-16-9-10-5-4-8-17-10/h10H,2-9,14H2,1H3,(H2,13,15). The van der Waals surface area contributed by atoms with Gasteiger partial charge in [-0.25, -0.2) is 0 Å². The highest BCUT2D eigenvalue weighted by Crippen LogP contribution is 2.13. The lowest BCUT2D eigenvalue weighted by molar-refractivity contribution is -0.122. The average Bonchev–Trinajstić information content (AvgIpc) is 2.75. The van der Waals surface area contributed by atoms with Crippen LogP contribution in [0.1, 0.15) is 39.0 Å². The average molecular weight is 244 g/mol. The lowest BCUT2D eigenvalue weighted by Crippen LogP contribution is -2.49. The third-order valence-electron chi connectivity index (χ3n) is 3.13. The third-order valence-corrected chi connectivity index (χ3v) is 3.13. The largest absolute Gasteiger partial charge is 0.379 e. The molecule has 1 aliphatic heterocycles. The van der Waals surface area contributed by atoms with Crippen molar-refractivity contribution in [1.29, 1.82) is 0 Å². The Labute approximate surface area is 103 Å². The quantitative estimate of drug-likeness (QED) is 0.610. The van der Waals surface area contributed by atoms with Crippen molar-refractivity contribution in [2.45, 2.75) is 50.7 Å². The van der Waals surface area contributed by atoms with Gasteiger partial charge in [-0.2, -0.15) is 0 Å². The van der Waals surface area contributed by atoms with E-state index in [-0.39, 0.29) is 6.10 Å². The molecular formula is C12H24N2O3. The zero-order valence-corrected chi connectivity index (χ0v) is 10.6. The molecule has 2 atom stereocenters. The summed E-state index contributed by atoms with van der Waals surface area (Å²) >= 11 is 0. The second-order valence-electron chi connectivity index (χ2n) is 4.95. The molecule has 0 aromatic rings. The Hall–Kier alpha value is -0.650. The van der Waals surface area contributed by atoms with E-state index >= 15 is 0 Å². The van der Waals surface area contributed by atoms with Crippen LogP contribution in [-0.4, -0.2) is 37.4 Å². The highest BCUT2D eigenvalue weighted by molar-refractivity contribution is 5.83. The first-order valence-corrected chi connectivity index (χ1v) is 6.30. The molecule has 0 aromatic carbocycles. The van der Waals surface area contributed by atoms with Gasteiger partial charge in [-0.15, -0.1) is 0 Å². The van der Waals surface area contributed by atoms with Gasteiger partial charge in [0.15, 0.2) is 0 Å². The summed E-state index contributed by atoms with van der Waals surface area (Å²) in [5.74, 6) is -0.447. The summed E-state index contributed by atoms with van der Waals surface area (Å²) in [6, 6.07) is 0. The molecule has 2 unspecified atom stereocenters. The lowest BCUT2D eigenvalue weighted by atomic mass is 9.96. The van der Waals surface area contributed by atoms with Gasteiger partial charge < -0.3 is 20.9 Å². The van der Waals surface area contributed by atoms with E-state index in [9.17, 15) is 4.79 Å². The maximum atomic E-state index is 11.0. The summed E-state index contributed by atoms with van der Waals surface area (Å²) in [7, 11) is 0. The summed E-state index contributed by atoms with van der Waals surface area (Å²) in [6.07, 6.45) is 4.86. The SMILES string of the molecule is CC(N)(CCCCOCC1CCCO1)C(N)=O. The number of hydrogen-bond acceptors (Lipinski definition) is 4. The topological polar surface area (TPSA) is 87.6 Å². The predicted octanol–water partition coefficient (Wildman–Crippen LogP) is 0.555. The van der Waals surface area contributed by atoms with Gasteiger partial charge in [0, 0.05) is 13.2 Å². The summed E-state index contributed by atoms with van der Waals surface area (Å²) in [6.45, 7) is 3.89. The molecule has 100 valence electrons. The van der Waals surface area contributed by atoms with Gasteiger partial charge in [0.25, 0.3) is 0 Å². The van der Waals surface area contributed by atoms with Gasteiger partial charge in [0.1, 0.15) is 0 Å². The highest BCUT2D eigenvalue weighted by atomic mass is 16.5. The molecule has 1 saturated heterocycles. The van der Waals surface area contributed by atoms with Crippen molar-refractivity contribution in [3.8, 4) is 0 Å². The first-order chi connectivity index (χ1) is 8.02. The second-order valence-corrected chi connectivity index (χ2v) is 4.95. The third kappa shape index (κ3) is 5.48. The number of ether oxygens (including phenoxy) is 2. The molecule has 0 aromatic heterocycles. The molecule has 1 aliphatic rings. The van der Waals surface area contributed by atoms with Crippen molar-refractivity contribution in [2.24, 2.45) is 11.5 Å². The Kier molecular flexibility index (Phi) is 5.88. The maximum absolute atomic E-state index is 11.0. The molecule has 5 heteroatoms. The van der Waals surface area contributed by atoms with Gasteiger partial charge in [0.05, 0.1) is 18.2 Å². The molecule has 1 amide bonds. The van der Waals surface area contributed by atoms with Crippen LogP contribution in [0.3, 0.4) is 0 Å². The molecule has 0 radical (unpaired) electrons. The van der Waals surface area contributed by atoms with Crippen LogP contribution in [0.15, 0.2) is 0 Å². The molecule has 1 rings (SSSR count). The Morgan fingerprint density at radius 3 is 2.88 bits per heavy atom. The zero-order valence-electron chi connectivity index (χ0n) is 10.6. The first-order valence-electron chi connectivity index (χ1n) is 6.30. The molecule has 4 N–H and O–H groups in total. The number of carbonyl (C=O) groups excluding carboxylic acids is 1. The first kappa shape index (κ1) is 14.4. The van der Waals surface area contributed by atoms with E-state index in [0.29, 0.717) is 19.6 Å². The van der Waals surface area contributed by atoms with Crippen molar-refractivity contribution in [2.75, 3.05) is 19.8 Å². The Bertz CT molecular complexity index is 238. The number of hydrogen-bond donors (Lipinski definition) is 2. The molecule has 17 heavy (non-hydrogen) atoms. The van der Waals surface area contributed by atoms with Crippen molar-refractivity contribution in [1.82, 2.24) is 0 Å². The van der Waals surface area contributed by atoms with E-state index < -0.39 is 11.4 Å². The van der Waals surface area contributed by atoms with Crippen LogP contribution in [0.5, 0.6) is 0 Å². The number of amides is 1. The predicted molar refractivity (Wildman–Crippen MR) is 65.4 cm³/mol. The van der Waals surface area contributed by atoms with Crippen LogP contribution < -0.4 is 11.5 Å². The lowest BCUT2D eigenvalue weighted by Gasteiger charge is -2.20. The molecule has 0 spiro atoms. The van der Waals surface area contributed by atoms with Crippen molar-refractivity contribution >= 4 is 5.91 Å². The van der Waals surface area contributed by atoms with Crippen LogP contribution >= 0.6 is 0 Å². The number of unbranched alkanes of at least 4 members (excludes halogenated alkanes) is 1. The normalized spacial score (nSPS) is 23.5. The van der Waals surface area contributed by atoms with Crippen LogP contribution in [0, 0.1) is 0 Å². The zero-order chi connectivity index (χ0) is 12.7. The summed E-state index contributed by atoms with van der Waals surface area (Å²) in [5, 5.41) is 0. The van der Waals surface area contributed by atoms with Crippen LogP contribution in [-0.2, 0) is 14.3 Å². The molecule has 5 nitrogen and oxygen atoms in total. The smallest absolute Gasteiger partial charge is 0.237 e. The molecule has 0 bridgehead atoms. The van der Waals surface area contributed by atoms with Crippen molar-refractivity contribution in [3.05, 3.63) is 0 Å². The van der Waals surface area contributed by atoms with Crippen LogP contribution in [0.4, 0.5) is 0 Å². The van der Waals surface area contributed by atoms with Crippen molar-refractivity contribution in [3.63, 3.8) is 0 Å². The van der Waals surface area contributed by atoms with Crippen molar-refractivity contribution < 1.29 is 14.3 Å². The molecule has 1 fully saturated rings. The van der Waals surface area contributed by atoms with E-state index in [0.717, 1.165) is 32.3 Å². The fourth-order valence-corrected chi connectivity index (χ4v) is 1.81. The van der Waals surface area contributed by atoms with Gasteiger partial charge >= 0.3 is 0 Å². The Morgan fingerprint density at radius 2 is 2.29 bits per heavy atom. The number of nitrogens with two attached hydrogens (primary N) is 2. The van der Waals surface area contributed by atoms with Gasteiger partial charge in [-0.05, 0) is 39.0 Å². The number of carbonyl (C=O) groups is 1. The molecule has 1 heterocycles. The fourth-order valence-electron chi connectivity index (χ4n) is 1.81. The highest BCUT2D eigenvalue weighted by Gasteiger charge is 2.24. The number of rotatable bonds is 8. The van der Waals surface area contributed by atoms with Gasteiger partial charge in [-0.1, -0.05) is 0 Å². The fraction of sp³-hybridized carbons (Fsp3) is 0.917. The van der Waals surface area contributed by atoms with E-state index in [1.54, 1.807) is 6.92 Å². The minimum atomic E-state index is -0.894. The summed E-state index contributed by atoms with van der Waals surface area (Å²) < 4.78 is 10.9. The minimum absolute atomic E-state index is 0.278. The number of primary amides is 1. The van der Waals surface area contributed by atoms with Crippen LogP contribution in [0.25, 0.3) is 0 Å². The van der Waals surface area contributed by atoms with Crippen LogP contribution in [0.2, 0.25) is 0 Å². The molecule has 0 saturated carbocycles. The van der Waals surface area contributed by atoms with E-state index in [1.807, 2.05) is 0 Å². The molecule has 0 aliphatic carbocycles. The summed E-state index contributed by atoms with van der Waals surface area (Å²) in [4.78, 5) is 11.0. The van der Waals surface area contributed by atoms with E-state index in [4.69, 9.17) is 20.9 Å². The van der Waals surface area contributed by atoms with Gasteiger partial charge in [-0.3, -0.25) is 4.79 Å². The monoisotopic (exact) mass is 244 g/mol. The van der Waals surface area contributed by atoms with E-state index in [2.05, 4.69) is 0 Å².